The van der Waals surface area contributed by atoms with Gasteiger partial charge in [-0.15, -0.1) is 6.58 Å². The number of carbonyl (C=O) groups is 1. The van der Waals surface area contributed by atoms with E-state index in [4.69, 9.17) is 10.5 Å². The van der Waals surface area contributed by atoms with E-state index >= 15 is 0 Å². The van der Waals surface area contributed by atoms with Crippen LogP contribution in [0, 0.1) is 11.8 Å². The van der Waals surface area contributed by atoms with E-state index in [1.165, 1.54) is 0 Å². The number of nitrogens with two attached hydrogens (primary N) is 1. The Kier molecular flexibility index (Phi) is 9.60. The number of amides is 1. The average molecular weight is 256 g/mol. The fourth-order valence-electron chi connectivity index (χ4n) is 1.81. The summed E-state index contributed by atoms with van der Waals surface area (Å²) in [7, 11) is 0. The highest BCUT2D eigenvalue weighted by Gasteiger charge is 2.14. The third-order valence-electron chi connectivity index (χ3n) is 2.70. The molecule has 0 aromatic rings. The molecule has 0 heterocycles. The lowest BCUT2D eigenvalue weighted by molar-refractivity contribution is -0.122. The first kappa shape index (κ1) is 17.1. The Labute approximate surface area is 111 Å². The molecule has 1 unspecified atom stereocenters. The maximum atomic E-state index is 11.7. The Hall–Kier alpha value is -0.870. The molecular formula is C14H28N2O2. The van der Waals surface area contributed by atoms with Crippen molar-refractivity contribution in [3.8, 4) is 0 Å². The molecule has 1 amide bonds. The van der Waals surface area contributed by atoms with Gasteiger partial charge in [-0.1, -0.05) is 19.9 Å². The van der Waals surface area contributed by atoms with Crippen LogP contribution in [0.1, 0.15) is 33.6 Å². The van der Waals surface area contributed by atoms with E-state index in [0.29, 0.717) is 32.0 Å². The molecular weight excluding hydrogens is 228 g/mol. The molecule has 0 aromatic carbocycles. The van der Waals surface area contributed by atoms with Gasteiger partial charge < -0.3 is 15.8 Å². The lowest BCUT2D eigenvalue weighted by atomic mass is 9.94. The molecule has 18 heavy (non-hydrogen) atoms. The summed E-state index contributed by atoms with van der Waals surface area (Å²) in [5.41, 5.74) is 5.68. The van der Waals surface area contributed by atoms with Crippen LogP contribution in [0.2, 0.25) is 0 Å². The monoisotopic (exact) mass is 256 g/mol. The Bertz CT molecular complexity index is 242. The molecule has 0 saturated heterocycles. The summed E-state index contributed by atoms with van der Waals surface area (Å²) < 4.78 is 5.38. The quantitative estimate of drug-likeness (QED) is 0.585. The molecule has 0 saturated carbocycles. The Morgan fingerprint density at radius 2 is 2.11 bits per heavy atom. The van der Waals surface area contributed by atoms with Crippen molar-refractivity contribution in [1.82, 2.24) is 5.32 Å². The lowest BCUT2D eigenvalue weighted by Crippen LogP contribution is -2.34. The van der Waals surface area contributed by atoms with Gasteiger partial charge in [0.05, 0.1) is 12.7 Å². The zero-order chi connectivity index (χ0) is 14.0. The van der Waals surface area contributed by atoms with Crippen molar-refractivity contribution in [1.29, 1.82) is 0 Å². The van der Waals surface area contributed by atoms with Crippen molar-refractivity contribution >= 4 is 5.91 Å². The van der Waals surface area contributed by atoms with Crippen LogP contribution in [-0.2, 0) is 9.53 Å². The second-order valence-corrected chi connectivity index (χ2v) is 5.17. The smallest absolute Gasteiger partial charge is 0.220 e. The number of rotatable bonds is 10. The number of carbonyl (C=O) groups excluding carboxylic acids is 1. The fourth-order valence-corrected chi connectivity index (χ4v) is 1.81. The van der Waals surface area contributed by atoms with Crippen LogP contribution >= 0.6 is 0 Å². The first-order chi connectivity index (χ1) is 8.49. The fraction of sp³-hybridized carbons (Fsp3) is 0.786. The Balaban J connectivity index is 3.83. The number of hydrogen-bond donors (Lipinski definition) is 2. The van der Waals surface area contributed by atoms with Crippen LogP contribution in [0.3, 0.4) is 0 Å². The highest BCUT2D eigenvalue weighted by atomic mass is 16.5. The molecule has 0 aliphatic carbocycles. The van der Waals surface area contributed by atoms with Gasteiger partial charge in [0.25, 0.3) is 0 Å². The second kappa shape index (κ2) is 10.1. The van der Waals surface area contributed by atoms with Gasteiger partial charge in [-0.2, -0.15) is 0 Å². The van der Waals surface area contributed by atoms with Crippen molar-refractivity contribution in [3.63, 3.8) is 0 Å². The van der Waals surface area contributed by atoms with Crippen LogP contribution in [-0.4, -0.2) is 31.7 Å². The summed E-state index contributed by atoms with van der Waals surface area (Å²) in [6, 6.07) is 0. The van der Waals surface area contributed by atoms with Gasteiger partial charge in [-0.25, -0.2) is 0 Å². The molecule has 0 radical (unpaired) electrons. The summed E-state index contributed by atoms with van der Waals surface area (Å²) in [5, 5.41) is 2.88. The van der Waals surface area contributed by atoms with Gasteiger partial charge in [-0.3, -0.25) is 4.79 Å². The molecule has 0 rings (SSSR count). The first-order valence-electron chi connectivity index (χ1n) is 6.68. The second-order valence-electron chi connectivity index (χ2n) is 5.17. The minimum atomic E-state index is 0.00775. The van der Waals surface area contributed by atoms with Crippen LogP contribution in [0.25, 0.3) is 0 Å². The zero-order valence-electron chi connectivity index (χ0n) is 11.9. The third kappa shape index (κ3) is 9.19. The third-order valence-corrected chi connectivity index (χ3v) is 2.70. The van der Waals surface area contributed by atoms with Crippen molar-refractivity contribution in [2.24, 2.45) is 17.6 Å². The molecule has 4 nitrogen and oxygen atoms in total. The van der Waals surface area contributed by atoms with Gasteiger partial charge in [0.2, 0.25) is 5.91 Å². The highest BCUT2D eigenvalue weighted by Crippen LogP contribution is 2.13. The van der Waals surface area contributed by atoms with Gasteiger partial charge in [0.15, 0.2) is 0 Å². The standard InChI is InChI=1S/C14H28N2O2/c1-5-6-18-12(4)10-16-14(17)8-13(9-15)7-11(2)3/h5,11-13H,1,6-10,15H2,2-4H3,(H,16,17)/t12?,13-/m0/s1. The largest absolute Gasteiger partial charge is 0.373 e. The van der Waals surface area contributed by atoms with E-state index in [-0.39, 0.29) is 17.9 Å². The van der Waals surface area contributed by atoms with E-state index in [1.54, 1.807) is 6.08 Å². The lowest BCUT2D eigenvalue weighted by Gasteiger charge is -2.18. The molecule has 2 atom stereocenters. The van der Waals surface area contributed by atoms with Crippen LogP contribution in [0.5, 0.6) is 0 Å². The van der Waals surface area contributed by atoms with Crippen LogP contribution in [0.4, 0.5) is 0 Å². The summed E-state index contributed by atoms with van der Waals surface area (Å²) >= 11 is 0. The minimum absolute atomic E-state index is 0.00775. The summed E-state index contributed by atoms with van der Waals surface area (Å²) in [6.45, 7) is 11.4. The maximum absolute atomic E-state index is 11.7. The van der Waals surface area contributed by atoms with Gasteiger partial charge in [0, 0.05) is 13.0 Å². The first-order valence-corrected chi connectivity index (χ1v) is 6.68. The maximum Gasteiger partial charge on any atom is 0.220 e. The molecule has 3 N–H and O–H groups in total. The molecule has 0 spiro atoms. The highest BCUT2D eigenvalue weighted by molar-refractivity contribution is 5.76. The summed E-state index contributed by atoms with van der Waals surface area (Å²) in [5.74, 6) is 0.899. The molecule has 0 aliphatic rings. The molecule has 0 aromatic heterocycles. The van der Waals surface area contributed by atoms with Crippen LogP contribution in [0.15, 0.2) is 12.7 Å². The SMILES string of the molecule is C=CCOC(C)CNC(=O)C[C@@H](CN)CC(C)C. The van der Waals surface area contributed by atoms with Gasteiger partial charge in [-0.05, 0) is 31.7 Å². The molecule has 4 heteroatoms. The number of nitrogens with one attached hydrogen (secondary N) is 1. The van der Waals surface area contributed by atoms with Crippen molar-refractivity contribution in [2.45, 2.75) is 39.7 Å². The average Bonchev–Trinajstić information content (AvgIpc) is 2.32. The number of hydrogen-bond acceptors (Lipinski definition) is 3. The zero-order valence-corrected chi connectivity index (χ0v) is 11.9. The number of ether oxygens (including phenoxy) is 1. The molecule has 0 aliphatic heterocycles. The van der Waals surface area contributed by atoms with Crippen molar-refractivity contribution < 1.29 is 9.53 Å². The van der Waals surface area contributed by atoms with Gasteiger partial charge in [0.1, 0.15) is 0 Å². The Morgan fingerprint density at radius 1 is 1.44 bits per heavy atom. The molecule has 0 bridgehead atoms. The summed E-state index contributed by atoms with van der Waals surface area (Å²) in [4.78, 5) is 11.7. The van der Waals surface area contributed by atoms with E-state index in [1.807, 2.05) is 6.92 Å². The van der Waals surface area contributed by atoms with E-state index < -0.39 is 0 Å². The van der Waals surface area contributed by atoms with Crippen molar-refractivity contribution in [3.05, 3.63) is 12.7 Å². The summed E-state index contributed by atoms with van der Waals surface area (Å²) in [6.07, 6.45) is 3.20. The Morgan fingerprint density at radius 3 is 2.61 bits per heavy atom. The molecule has 106 valence electrons. The minimum Gasteiger partial charge on any atom is -0.373 e. The molecule has 0 fully saturated rings. The topological polar surface area (TPSA) is 64.3 Å². The van der Waals surface area contributed by atoms with E-state index in [9.17, 15) is 4.79 Å². The predicted octanol–water partition coefficient (Wildman–Crippen LogP) is 1.70. The van der Waals surface area contributed by atoms with E-state index in [2.05, 4.69) is 25.7 Å². The van der Waals surface area contributed by atoms with E-state index in [0.717, 1.165) is 6.42 Å². The normalized spacial score (nSPS) is 14.3. The van der Waals surface area contributed by atoms with Gasteiger partial charge >= 0.3 is 0 Å². The van der Waals surface area contributed by atoms with Crippen LogP contribution < -0.4 is 11.1 Å². The predicted molar refractivity (Wildman–Crippen MR) is 75.2 cm³/mol. The van der Waals surface area contributed by atoms with Crippen molar-refractivity contribution in [2.75, 3.05) is 19.7 Å².